The first kappa shape index (κ1) is 12.2. The number of carbonyl (C=O) groups is 1. The molecule has 1 heterocycles. The van der Waals surface area contributed by atoms with Gasteiger partial charge in [-0.3, -0.25) is 9.69 Å². The Balaban J connectivity index is 2.00. The van der Waals surface area contributed by atoms with Crippen molar-refractivity contribution in [3.8, 4) is 0 Å². The lowest BCUT2D eigenvalue weighted by molar-refractivity contribution is -0.142. The fraction of sp³-hybridized carbons (Fsp3) is 0.917. The molecular weight excluding hydrogens is 222 g/mol. The third-order valence-electron chi connectivity index (χ3n) is 3.95. The van der Waals surface area contributed by atoms with Crippen LogP contribution in [0.3, 0.4) is 0 Å². The number of carboxylic acids is 1. The summed E-state index contributed by atoms with van der Waals surface area (Å²) >= 11 is 2.08. The van der Waals surface area contributed by atoms with E-state index in [9.17, 15) is 4.79 Å². The number of carboxylic acid groups (broad SMARTS) is 1. The Morgan fingerprint density at radius 1 is 1.38 bits per heavy atom. The van der Waals surface area contributed by atoms with Gasteiger partial charge in [-0.25, -0.2) is 0 Å². The Bertz CT molecular complexity index is 258. The highest BCUT2D eigenvalue weighted by atomic mass is 32.2. The maximum absolute atomic E-state index is 11.0. The molecule has 1 N–H and O–H groups in total. The van der Waals surface area contributed by atoms with Gasteiger partial charge in [0.25, 0.3) is 0 Å². The molecule has 1 saturated heterocycles. The van der Waals surface area contributed by atoms with Crippen LogP contribution in [0.2, 0.25) is 0 Å². The van der Waals surface area contributed by atoms with Gasteiger partial charge in [0, 0.05) is 23.6 Å². The third kappa shape index (κ3) is 2.54. The molecule has 0 bridgehead atoms. The molecule has 0 amide bonds. The first-order chi connectivity index (χ1) is 7.63. The van der Waals surface area contributed by atoms with Crippen LogP contribution in [0.5, 0.6) is 0 Å². The minimum atomic E-state index is -0.683. The molecule has 2 fully saturated rings. The van der Waals surface area contributed by atoms with E-state index in [0.29, 0.717) is 4.75 Å². The molecule has 1 aliphatic carbocycles. The van der Waals surface area contributed by atoms with Crippen LogP contribution in [0.1, 0.15) is 39.0 Å². The minimum absolute atomic E-state index is 0.320. The molecule has 0 radical (unpaired) electrons. The van der Waals surface area contributed by atoms with Crippen LogP contribution in [0.25, 0.3) is 0 Å². The largest absolute Gasteiger partial charge is 0.480 e. The van der Waals surface area contributed by atoms with E-state index in [1.165, 1.54) is 32.1 Å². The zero-order valence-corrected chi connectivity index (χ0v) is 10.8. The van der Waals surface area contributed by atoms with Crippen LogP contribution < -0.4 is 0 Å². The van der Waals surface area contributed by atoms with Crippen LogP contribution in [0.4, 0.5) is 0 Å². The molecule has 4 heteroatoms. The molecule has 1 spiro atoms. The highest BCUT2D eigenvalue weighted by Crippen LogP contribution is 2.43. The molecule has 2 rings (SSSR count). The second kappa shape index (κ2) is 4.96. The SMILES string of the molecule is CC(C(=O)O)N1CCSC2(CCCCC2)C1. The zero-order valence-electron chi connectivity index (χ0n) is 9.95. The first-order valence-electron chi connectivity index (χ1n) is 6.24. The van der Waals surface area contributed by atoms with Gasteiger partial charge in [-0.15, -0.1) is 0 Å². The van der Waals surface area contributed by atoms with E-state index in [0.717, 1.165) is 18.8 Å². The van der Waals surface area contributed by atoms with E-state index in [-0.39, 0.29) is 6.04 Å². The molecule has 0 aromatic carbocycles. The van der Waals surface area contributed by atoms with Crippen molar-refractivity contribution >= 4 is 17.7 Å². The fourth-order valence-electron chi connectivity index (χ4n) is 2.86. The Labute approximate surface area is 102 Å². The predicted octanol–water partition coefficient (Wildman–Crippen LogP) is 2.21. The molecule has 3 nitrogen and oxygen atoms in total. The highest BCUT2D eigenvalue weighted by molar-refractivity contribution is 8.00. The number of rotatable bonds is 2. The lowest BCUT2D eigenvalue weighted by Crippen LogP contribution is -2.52. The van der Waals surface area contributed by atoms with Gasteiger partial charge in [0.1, 0.15) is 6.04 Å². The van der Waals surface area contributed by atoms with E-state index in [1.807, 2.05) is 6.92 Å². The summed E-state index contributed by atoms with van der Waals surface area (Å²) in [4.78, 5) is 13.2. The van der Waals surface area contributed by atoms with E-state index >= 15 is 0 Å². The van der Waals surface area contributed by atoms with Gasteiger partial charge in [0.2, 0.25) is 0 Å². The summed E-state index contributed by atoms with van der Waals surface area (Å²) in [7, 11) is 0. The molecule has 0 aromatic heterocycles. The van der Waals surface area contributed by atoms with Crippen molar-refractivity contribution in [3.05, 3.63) is 0 Å². The number of hydrogen-bond donors (Lipinski definition) is 1. The van der Waals surface area contributed by atoms with Gasteiger partial charge in [-0.1, -0.05) is 19.3 Å². The van der Waals surface area contributed by atoms with Crippen LogP contribution >= 0.6 is 11.8 Å². The lowest BCUT2D eigenvalue weighted by atomic mass is 9.87. The lowest BCUT2D eigenvalue weighted by Gasteiger charge is -2.45. The topological polar surface area (TPSA) is 40.5 Å². The van der Waals surface area contributed by atoms with Gasteiger partial charge in [-0.2, -0.15) is 11.8 Å². The van der Waals surface area contributed by atoms with Gasteiger partial charge in [-0.05, 0) is 19.8 Å². The third-order valence-corrected chi connectivity index (χ3v) is 5.48. The fourth-order valence-corrected chi connectivity index (χ4v) is 4.45. The maximum atomic E-state index is 11.0. The summed E-state index contributed by atoms with van der Waals surface area (Å²) in [6, 6.07) is -0.320. The molecule has 1 unspecified atom stereocenters. The number of nitrogens with zero attached hydrogens (tertiary/aromatic N) is 1. The van der Waals surface area contributed by atoms with Crippen molar-refractivity contribution in [1.29, 1.82) is 0 Å². The van der Waals surface area contributed by atoms with E-state index < -0.39 is 5.97 Å². The van der Waals surface area contributed by atoms with Crippen molar-refractivity contribution in [2.75, 3.05) is 18.8 Å². The molecule has 2 aliphatic rings. The number of aliphatic carboxylic acids is 1. The maximum Gasteiger partial charge on any atom is 0.320 e. The van der Waals surface area contributed by atoms with E-state index in [1.54, 1.807) is 0 Å². The quantitative estimate of drug-likeness (QED) is 0.807. The van der Waals surface area contributed by atoms with Crippen molar-refractivity contribution < 1.29 is 9.90 Å². The van der Waals surface area contributed by atoms with Crippen LogP contribution in [-0.4, -0.2) is 45.6 Å². The van der Waals surface area contributed by atoms with Crippen molar-refractivity contribution in [1.82, 2.24) is 4.90 Å². The minimum Gasteiger partial charge on any atom is -0.480 e. The Morgan fingerprint density at radius 2 is 2.06 bits per heavy atom. The Hall–Kier alpha value is -0.220. The second-order valence-corrected chi connectivity index (χ2v) is 6.64. The second-order valence-electron chi connectivity index (χ2n) is 5.08. The normalized spacial score (nSPS) is 27.8. The number of hydrogen-bond acceptors (Lipinski definition) is 3. The summed E-state index contributed by atoms with van der Waals surface area (Å²) in [5, 5.41) is 9.07. The summed E-state index contributed by atoms with van der Waals surface area (Å²) in [5.74, 6) is 0.412. The van der Waals surface area contributed by atoms with Crippen molar-refractivity contribution in [3.63, 3.8) is 0 Å². The molecule has 16 heavy (non-hydrogen) atoms. The Morgan fingerprint density at radius 3 is 2.69 bits per heavy atom. The molecular formula is C12H21NO2S. The smallest absolute Gasteiger partial charge is 0.320 e. The summed E-state index contributed by atoms with van der Waals surface area (Å²) < 4.78 is 0.375. The van der Waals surface area contributed by atoms with Gasteiger partial charge in [0.05, 0.1) is 0 Å². The molecule has 92 valence electrons. The van der Waals surface area contributed by atoms with Crippen LogP contribution in [0, 0.1) is 0 Å². The standard InChI is InChI=1S/C12H21NO2S/c1-10(11(14)15)13-7-8-16-12(9-13)5-3-2-4-6-12/h10H,2-9H2,1H3,(H,14,15). The molecule has 1 atom stereocenters. The van der Waals surface area contributed by atoms with E-state index in [4.69, 9.17) is 5.11 Å². The monoisotopic (exact) mass is 243 g/mol. The zero-order chi connectivity index (χ0) is 11.6. The molecule has 0 aromatic rings. The van der Waals surface area contributed by atoms with Gasteiger partial charge >= 0.3 is 5.97 Å². The molecule has 1 aliphatic heterocycles. The van der Waals surface area contributed by atoms with Crippen molar-refractivity contribution in [2.24, 2.45) is 0 Å². The number of thioether (sulfide) groups is 1. The highest BCUT2D eigenvalue weighted by Gasteiger charge is 2.39. The predicted molar refractivity (Wildman–Crippen MR) is 66.9 cm³/mol. The average Bonchev–Trinajstić information content (AvgIpc) is 2.29. The van der Waals surface area contributed by atoms with Gasteiger partial charge < -0.3 is 5.11 Å². The summed E-state index contributed by atoms with van der Waals surface area (Å²) in [5.41, 5.74) is 0. The van der Waals surface area contributed by atoms with E-state index in [2.05, 4.69) is 16.7 Å². The van der Waals surface area contributed by atoms with Crippen molar-refractivity contribution in [2.45, 2.75) is 49.8 Å². The summed E-state index contributed by atoms with van der Waals surface area (Å²) in [6.45, 7) is 3.72. The van der Waals surface area contributed by atoms with Crippen LogP contribution in [0.15, 0.2) is 0 Å². The molecule has 1 saturated carbocycles. The van der Waals surface area contributed by atoms with Crippen LogP contribution in [-0.2, 0) is 4.79 Å². The average molecular weight is 243 g/mol. The first-order valence-corrected chi connectivity index (χ1v) is 7.22. The Kier molecular flexibility index (Phi) is 3.80. The van der Waals surface area contributed by atoms with Gasteiger partial charge in [0.15, 0.2) is 0 Å². The summed E-state index contributed by atoms with van der Waals surface area (Å²) in [6.07, 6.45) is 6.56.